The van der Waals surface area contributed by atoms with E-state index < -0.39 is 29.0 Å². The quantitative estimate of drug-likeness (QED) is 0.693. The van der Waals surface area contributed by atoms with Crippen molar-refractivity contribution in [3.05, 3.63) is 27.7 Å². The van der Waals surface area contributed by atoms with Crippen LogP contribution in [0.3, 0.4) is 0 Å². The fourth-order valence-corrected chi connectivity index (χ4v) is 0.895. The number of nitrogens with zero attached hydrogens (tertiary/aromatic N) is 1. The number of alkyl halides is 6. The SMILES string of the molecule is O=c1[nH]ncc(C(F)(F)F)c1C(F)(F)F. The first kappa shape index (κ1) is 11.5. The Morgan fingerprint density at radius 3 is 1.93 bits per heavy atom. The van der Waals surface area contributed by atoms with E-state index in [0.29, 0.717) is 0 Å². The van der Waals surface area contributed by atoms with E-state index in [1.807, 2.05) is 0 Å². The number of H-pyrrole nitrogens is 1. The second kappa shape index (κ2) is 3.24. The minimum Gasteiger partial charge on any atom is -0.267 e. The van der Waals surface area contributed by atoms with Gasteiger partial charge in [-0.25, -0.2) is 5.10 Å². The van der Waals surface area contributed by atoms with Crippen LogP contribution in [0.5, 0.6) is 0 Å². The van der Waals surface area contributed by atoms with Crippen LogP contribution in [0.2, 0.25) is 0 Å². The molecule has 1 N–H and O–H groups in total. The van der Waals surface area contributed by atoms with Crippen LogP contribution in [0, 0.1) is 0 Å². The van der Waals surface area contributed by atoms with Crippen LogP contribution in [0.4, 0.5) is 26.3 Å². The lowest BCUT2D eigenvalue weighted by Crippen LogP contribution is -2.28. The van der Waals surface area contributed by atoms with Gasteiger partial charge < -0.3 is 0 Å². The molecule has 1 aromatic heterocycles. The van der Waals surface area contributed by atoms with Crippen molar-refractivity contribution in [2.45, 2.75) is 12.4 Å². The third-order valence-electron chi connectivity index (χ3n) is 1.45. The molecule has 1 rings (SSSR count). The Morgan fingerprint density at radius 1 is 1.07 bits per heavy atom. The van der Waals surface area contributed by atoms with Gasteiger partial charge in [0, 0.05) is 0 Å². The third-order valence-corrected chi connectivity index (χ3v) is 1.45. The third kappa shape index (κ3) is 2.28. The highest BCUT2D eigenvalue weighted by molar-refractivity contribution is 5.26. The van der Waals surface area contributed by atoms with Crippen LogP contribution in [0.25, 0.3) is 0 Å². The number of hydrogen-bond donors (Lipinski definition) is 1. The summed E-state index contributed by atoms with van der Waals surface area (Å²) >= 11 is 0. The minimum atomic E-state index is -5.37. The fraction of sp³-hybridized carbons (Fsp3) is 0.333. The van der Waals surface area contributed by atoms with E-state index >= 15 is 0 Å². The number of aromatic amines is 1. The number of hydrogen-bond acceptors (Lipinski definition) is 2. The van der Waals surface area contributed by atoms with Crippen LogP contribution >= 0.6 is 0 Å². The fourth-order valence-electron chi connectivity index (χ4n) is 0.895. The molecule has 0 spiro atoms. The van der Waals surface area contributed by atoms with Crippen LogP contribution in [0.1, 0.15) is 11.1 Å². The van der Waals surface area contributed by atoms with Gasteiger partial charge in [-0.2, -0.15) is 31.4 Å². The molecule has 0 aliphatic heterocycles. The molecule has 0 saturated carbocycles. The summed E-state index contributed by atoms with van der Waals surface area (Å²) in [5.74, 6) is 0. The topological polar surface area (TPSA) is 45.8 Å². The van der Waals surface area contributed by atoms with Crippen LogP contribution in [-0.2, 0) is 12.4 Å². The Bertz CT molecular complexity index is 417. The molecule has 3 nitrogen and oxygen atoms in total. The molecule has 0 fully saturated rings. The first-order valence-corrected chi connectivity index (χ1v) is 3.36. The van der Waals surface area contributed by atoms with Crippen LogP contribution in [0.15, 0.2) is 11.0 Å². The summed E-state index contributed by atoms with van der Waals surface area (Å²) in [7, 11) is 0. The molecule has 0 radical (unpaired) electrons. The Balaban J connectivity index is 3.55. The molecule has 0 aromatic carbocycles. The first-order valence-electron chi connectivity index (χ1n) is 3.36. The van der Waals surface area contributed by atoms with Gasteiger partial charge in [-0.15, -0.1) is 0 Å². The van der Waals surface area contributed by atoms with Gasteiger partial charge in [0.1, 0.15) is 5.56 Å². The lowest BCUT2D eigenvalue weighted by Gasteiger charge is -2.12. The minimum absolute atomic E-state index is 0.0791. The highest BCUT2D eigenvalue weighted by Gasteiger charge is 2.45. The number of nitrogens with one attached hydrogen (secondary N) is 1. The van der Waals surface area contributed by atoms with Crippen molar-refractivity contribution in [1.29, 1.82) is 0 Å². The zero-order chi connectivity index (χ0) is 11.9. The predicted molar refractivity (Wildman–Crippen MR) is 34.9 cm³/mol. The van der Waals surface area contributed by atoms with Crippen molar-refractivity contribution in [2.75, 3.05) is 0 Å². The zero-order valence-corrected chi connectivity index (χ0v) is 6.70. The second-order valence-electron chi connectivity index (χ2n) is 2.48. The van der Waals surface area contributed by atoms with Crippen molar-refractivity contribution in [3.8, 4) is 0 Å². The lowest BCUT2D eigenvalue weighted by atomic mass is 10.1. The van der Waals surface area contributed by atoms with Crippen LogP contribution in [-0.4, -0.2) is 10.2 Å². The van der Waals surface area contributed by atoms with E-state index in [1.165, 1.54) is 5.10 Å². The molecular weight excluding hydrogens is 230 g/mol. The monoisotopic (exact) mass is 232 g/mol. The van der Waals surface area contributed by atoms with Gasteiger partial charge in [-0.1, -0.05) is 0 Å². The molecule has 9 heteroatoms. The molecule has 0 aliphatic carbocycles. The highest BCUT2D eigenvalue weighted by Crippen LogP contribution is 2.37. The van der Waals surface area contributed by atoms with E-state index in [4.69, 9.17) is 0 Å². The summed E-state index contributed by atoms with van der Waals surface area (Å²) in [6.45, 7) is 0. The summed E-state index contributed by atoms with van der Waals surface area (Å²) in [5, 5.41) is 3.96. The van der Waals surface area contributed by atoms with E-state index in [-0.39, 0.29) is 6.20 Å². The predicted octanol–water partition coefficient (Wildman–Crippen LogP) is 1.81. The molecular formula is C6H2F6N2O. The summed E-state index contributed by atoms with van der Waals surface area (Å²) < 4.78 is 72.5. The largest absolute Gasteiger partial charge is 0.422 e. The van der Waals surface area contributed by atoms with Crippen molar-refractivity contribution in [3.63, 3.8) is 0 Å². The van der Waals surface area contributed by atoms with E-state index in [0.717, 1.165) is 0 Å². The summed E-state index contributed by atoms with van der Waals surface area (Å²) in [6, 6.07) is 0. The smallest absolute Gasteiger partial charge is 0.267 e. The molecule has 84 valence electrons. The van der Waals surface area contributed by atoms with Gasteiger partial charge in [-0.3, -0.25) is 4.79 Å². The molecule has 15 heavy (non-hydrogen) atoms. The molecule has 0 bridgehead atoms. The number of rotatable bonds is 0. The van der Waals surface area contributed by atoms with Gasteiger partial charge >= 0.3 is 12.4 Å². The molecule has 0 saturated heterocycles. The number of halogens is 6. The average molecular weight is 232 g/mol. The Labute approximate surface area is 77.7 Å². The van der Waals surface area contributed by atoms with E-state index in [9.17, 15) is 31.1 Å². The zero-order valence-electron chi connectivity index (χ0n) is 6.70. The summed E-state index contributed by atoms with van der Waals surface area (Å²) in [5.41, 5.74) is -6.30. The highest BCUT2D eigenvalue weighted by atomic mass is 19.4. The molecule has 0 atom stereocenters. The molecule has 1 aromatic rings. The molecule has 1 heterocycles. The van der Waals surface area contributed by atoms with Gasteiger partial charge in [0.05, 0.1) is 11.8 Å². The van der Waals surface area contributed by atoms with E-state index in [2.05, 4.69) is 5.10 Å². The maximum Gasteiger partial charge on any atom is 0.422 e. The number of aromatic nitrogens is 2. The lowest BCUT2D eigenvalue weighted by molar-refractivity contribution is -0.163. The second-order valence-corrected chi connectivity index (χ2v) is 2.48. The van der Waals surface area contributed by atoms with Crippen molar-refractivity contribution < 1.29 is 26.3 Å². The Morgan fingerprint density at radius 2 is 1.60 bits per heavy atom. The standard InChI is InChI=1S/C6H2F6N2O/c7-5(8,9)2-1-13-14-4(15)3(2)6(10,11)12/h1H,(H,14,15). The van der Waals surface area contributed by atoms with E-state index in [1.54, 1.807) is 0 Å². The molecule has 0 unspecified atom stereocenters. The maximum absolute atomic E-state index is 12.1. The summed E-state index contributed by atoms with van der Waals surface area (Å²) in [4.78, 5) is 10.6. The Kier molecular flexibility index (Phi) is 2.49. The average Bonchev–Trinajstić information content (AvgIpc) is 1.99. The van der Waals surface area contributed by atoms with Crippen molar-refractivity contribution >= 4 is 0 Å². The van der Waals surface area contributed by atoms with Gasteiger partial charge in [0.2, 0.25) is 0 Å². The molecule has 0 aliphatic rings. The van der Waals surface area contributed by atoms with Crippen LogP contribution < -0.4 is 5.56 Å². The van der Waals surface area contributed by atoms with Gasteiger partial charge in [-0.05, 0) is 0 Å². The Hall–Kier alpha value is -1.54. The van der Waals surface area contributed by atoms with Crippen molar-refractivity contribution in [2.24, 2.45) is 0 Å². The first-order chi connectivity index (χ1) is 6.64. The summed E-state index contributed by atoms with van der Waals surface area (Å²) in [6.07, 6.45) is -10.7. The normalized spacial score (nSPS) is 12.9. The van der Waals surface area contributed by atoms with Crippen molar-refractivity contribution in [1.82, 2.24) is 10.2 Å². The maximum atomic E-state index is 12.1. The van der Waals surface area contributed by atoms with Gasteiger partial charge in [0.25, 0.3) is 5.56 Å². The van der Waals surface area contributed by atoms with Gasteiger partial charge in [0.15, 0.2) is 0 Å². The molecule has 0 amide bonds.